The standard InChI is InChI=1S/C29H32N2O5/c1-5-6-12-21-17-22(15-16-36-19-20-10-8-7-9-11-20)29(25-14-13-23(35-4)18-24(21)25)26(32)30(2)28(34)31(3)27(29)33/h7-11,13-18,22H,5-6,12,19H2,1-4H3/b16-15+. The fourth-order valence-corrected chi connectivity index (χ4v) is 5.05. The summed E-state index contributed by atoms with van der Waals surface area (Å²) in [7, 11) is 4.42. The molecule has 1 spiro atoms. The van der Waals surface area contributed by atoms with Gasteiger partial charge in [-0.2, -0.15) is 0 Å². The molecule has 36 heavy (non-hydrogen) atoms. The number of likely N-dealkylation sites (N-methyl/N-ethyl adjacent to an activating group) is 2. The first-order valence-electron chi connectivity index (χ1n) is 12.2. The zero-order valence-electron chi connectivity index (χ0n) is 21.2. The molecular weight excluding hydrogens is 456 g/mol. The number of rotatable bonds is 8. The second-order valence-electron chi connectivity index (χ2n) is 9.18. The van der Waals surface area contributed by atoms with E-state index in [0.717, 1.165) is 45.8 Å². The Bertz CT molecular complexity index is 1190. The number of imide groups is 2. The first-order valence-corrected chi connectivity index (χ1v) is 12.2. The van der Waals surface area contributed by atoms with Crippen LogP contribution in [0.5, 0.6) is 5.75 Å². The molecule has 188 valence electrons. The van der Waals surface area contributed by atoms with Crippen molar-refractivity contribution in [1.29, 1.82) is 0 Å². The minimum absolute atomic E-state index is 0.359. The molecule has 7 nitrogen and oxygen atoms in total. The number of nitrogens with zero attached hydrogens (tertiary/aromatic N) is 2. The Morgan fingerprint density at radius 2 is 1.69 bits per heavy atom. The van der Waals surface area contributed by atoms with Gasteiger partial charge >= 0.3 is 6.03 Å². The van der Waals surface area contributed by atoms with Gasteiger partial charge in [-0.25, -0.2) is 4.79 Å². The Morgan fingerprint density at radius 1 is 1.00 bits per heavy atom. The van der Waals surface area contributed by atoms with Crippen LogP contribution in [-0.4, -0.2) is 48.9 Å². The summed E-state index contributed by atoms with van der Waals surface area (Å²) in [5.74, 6) is -1.10. The molecule has 1 aliphatic carbocycles. The van der Waals surface area contributed by atoms with Crippen molar-refractivity contribution in [3.05, 3.63) is 83.6 Å². The number of unbranched alkanes of at least 4 members (excludes halogenated alkanes) is 1. The lowest BCUT2D eigenvalue weighted by Crippen LogP contribution is -2.68. The Balaban J connectivity index is 1.84. The van der Waals surface area contributed by atoms with Gasteiger partial charge in [0.1, 0.15) is 12.4 Å². The minimum atomic E-state index is -1.62. The van der Waals surface area contributed by atoms with Crippen LogP contribution in [0.2, 0.25) is 0 Å². The zero-order chi connectivity index (χ0) is 25.9. The molecule has 0 aromatic heterocycles. The molecule has 4 rings (SSSR count). The van der Waals surface area contributed by atoms with E-state index in [9.17, 15) is 14.4 Å². The first kappa shape index (κ1) is 25.2. The Labute approximate surface area is 212 Å². The van der Waals surface area contributed by atoms with Crippen LogP contribution < -0.4 is 4.74 Å². The Hall–Kier alpha value is -3.87. The van der Waals surface area contributed by atoms with E-state index in [0.29, 0.717) is 17.9 Å². The van der Waals surface area contributed by atoms with Crippen LogP contribution in [0.3, 0.4) is 0 Å². The highest BCUT2D eigenvalue weighted by Gasteiger charge is 2.61. The van der Waals surface area contributed by atoms with E-state index in [-0.39, 0.29) is 0 Å². The topological polar surface area (TPSA) is 76.2 Å². The summed E-state index contributed by atoms with van der Waals surface area (Å²) < 4.78 is 11.3. The van der Waals surface area contributed by atoms with E-state index < -0.39 is 29.2 Å². The predicted octanol–water partition coefficient (Wildman–Crippen LogP) is 4.92. The summed E-state index contributed by atoms with van der Waals surface area (Å²) in [6.45, 7) is 2.48. The maximum absolute atomic E-state index is 13.9. The molecule has 0 radical (unpaired) electrons. The molecular formula is C29H32N2O5. The van der Waals surface area contributed by atoms with E-state index in [2.05, 4.69) is 6.92 Å². The number of carbonyl (C=O) groups is 3. The minimum Gasteiger partial charge on any atom is -0.497 e. The summed E-state index contributed by atoms with van der Waals surface area (Å²) in [4.78, 5) is 42.5. The van der Waals surface area contributed by atoms with Gasteiger partial charge in [-0.05, 0) is 53.3 Å². The number of hydrogen-bond acceptors (Lipinski definition) is 5. The third-order valence-corrected chi connectivity index (χ3v) is 7.01. The highest BCUT2D eigenvalue weighted by atomic mass is 16.5. The van der Waals surface area contributed by atoms with E-state index >= 15 is 0 Å². The largest absolute Gasteiger partial charge is 0.497 e. The van der Waals surface area contributed by atoms with Crippen molar-refractivity contribution in [1.82, 2.24) is 9.80 Å². The van der Waals surface area contributed by atoms with Crippen molar-refractivity contribution in [3.63, 3.8) is 0 Å². The van der Waals surface area contributed by atoms with Gasteiger partial charge in [0, 0.05) is 20.0 Å². The molecule has 1 unspecified atom stereocenters. The van der Waals surface area contributed by atoms with Crippen LogP contribution >= 0.6 is 0 Å². The molecule has 0 saturated carbocycles. The molecule has 0 N–H and O–H groups in total. The van der Waals surface area contributed by atoms with Gasteiger partial charge in [0.2, 0.25) is 0 Å². The van der Waals surface area contributed by atoms with Gasteiger partial charge in [0.15, 0.2) is 5.41 Å². The fourth-order valence-electron chi connectivity index (χ4n) is 5.05. The molecule has 1 heterocycles. The number of amides is 4. The van der Waals surface area contributed by atoms with Crippen LogP contribution in [-0.2, 0) is 26.3 Å². The monoisotopic (exact) mass is 488 g/mol. The molecule has 7 heteroatoms. The summed E-state index contributed by atoms with van der Waals surface area (Å²) in [6, 6.07) is 14.5. The summed E-state index contributed by atoms with van der Waals surface area (Å²) in [5, 5.41) is 0. The number of ether oxygens (including phenoxy) is 2. The average molecular weight is 489 g/mol. The van der Waals surface area contributed by atoms with Crippen molar-refractivity contribution in [3.8, 4) is 5.75 Å². The summed E-state index contributed by atoms with van der Waals surface area (Å²) >= 11 is 0. The van der Waals surface area contributed by atoms with Gasteiger partial charge in [-0.15, -0.1) is 0 Å². The van der Waals surface area contributed by atoms with Crippen LogP contribution in [0.25, 0.3) is 5.57 Å². The molecule has 4 amide bonds. The van der Waals surface area contributed by atoms with Gasteiger partial charge in [0.05, 0.1) is 13.4 Å². The van der Waals surface area contributed by atoms with Crippen LogP contribution in [0.1, 0.15) is 42.9 Å². The van der Waals surface area contributed by atoms with Crippen molar-refractivity contribution in [2.75, 3.05) is 21.2 Å². The normalized spacial score (nSPS) is 19.1. The number of methoxy groups -OCH3 is 1. The Morgan fingerprint density at radius 3 is 2.33 bits per heavy atom. The molecule has 1 atom stereocenters. The molecule has 0 bridgehead atoms. The predicted molar refractivity (Wildman–Crippen MR) is 137 cm³/mol. The van der Waals surface area contributed by atoms with Crippen molar-refractivity contribution in [2.45, 2.75) is 38.2 Å². The lowest BCUT2D eigenvalue weighted by molar-refractivity contribution is -0.152. The second-order valence-corrected chi connectivity index (χ2v) is 9.18. The number of urea groups is 1. The SMILES string of the molecule is CCCCC1=CC(/C=C/OCc2ccccc2)C2(C(=O)N(C)C(=O)N(C)C2=O)c2ccc(OC)cc21. The third-order valence-electron chi connectivity index (χ3n) is 7.01. The van der Waals surface area contributed by atoms with E-state index in [4.69, 9.17) is 9.47 Å². The van der Waals surface area contributed by atoms with Crippen molar-refractivity contribution < 1.29 is 23.9 Å². The van der Waals surface area contributed by atoms with Crippen LogP contribution in [0, 0.1) is 5.92 Å². The van der Waals surface area contributed by atoms with Gasteiger partial charge in [0.25, 0.3) is 11.8 Å². The maximum atomic E-state index is 13.9. The van der Waals surface area contributed by atoms with Crippen LogP contribution in [0.15, 0.2) is 66.9 Å². The smallest absolute Gasteiger partial charge is 0.332 e. The maximum Gasteiger partial charge on any atom is 0.332 e. The van der Waals surface area contributed by atoms with Gasteiger partial charge in [-0.3, -0.25) is 19.4 Å². The zero-order valence-corrected chi connectivity index (χ0v) is 21.2. The summed E-state index contributed by atoms with van der Waals surface area (Å²) in [5.41, 5.74) is 1.80. The number of barbiturate groups is 1. The first-order chi connectivity index (χ1) is 17.4. The van der Waals surface area contributed by atoms with Crippen molar-refractivity contribution in [2.24, 2.45) is 5.92 Å². The van der Waals surface area contributed by atoms with Crippen molar-refractivity contribution >= 4 is 23.4 Å². The fraction of sp³-hybridized carbons (Fsp3) is 0.345. The molecule has 2 aromatic carbocycles. The number of fused-ring (bicyclic) bond motifs is 2. The second kappa shape index (κ2) is 10.4. The molecule has 2 aromatic rings. The van der Waals surface area contributed by atoms with E-state index in [1.165, 1.54) is 14.1 Å². The molecule has 1 fully saturated rings. The third kappa shape index (κ3) is 4.19. The lowest BCUT2D eigenvalue weighted by atomic mass is 9.61. The molecule has 1 aliphatic heterocycles. The highest BCUT2D eigenvalue weighted by molar-refractivity contribution is 6.24. The number of allylic oxidation sites excluding steroid dienone is 3. The highest BCUT2D eigenvalue weighted by Crippen LogP contribution is 2.49. The van der Waals surface area contributed by atoms with Crippen LogP contribution in [0.4, 0.5) is 4.79 Å². The lowest BCUT2D eigenvalue weighted by Gasteiger charge is -2.47. The van der Waals surface area contributed by atoms with Gasteiger partial charge < -0.3 is 9.47 Å². The van der Waals surface area contributed by atoms with E-state index in [1.807, 2.05) is 42.5 Å². The average Bonchev–Trinajstić information content (AvgIpc) is 2.91. The quantitative estimate of drug-likeness (QED) is 0.390. The number of benzene rings is 2. The molecule has 2 aliphatic rings. The number of hydrogen-bond donors (Lipinski definition) is 0. The number of carbonyl (C=O) groups excluding carboxylic acids is 3. The van der Waals surface area contributed by atoms with E-state index in [1.54, 1.807) is 31.6 Å². The summed E-state index contributed by atoms with van der Waals surface area (Å²) in [6.07, 6.45) is 8.03. The van der Waals surface area contributed by atoms with Gasteiger partial charge in [-0.1, -0.05) is 55.8 Å². The Kier molecular flexibility index (Phi) is 7.29. The molecule has 1 saturated heterocycles.